The van der Waals surface area contributed by atoms with E-state index < -0.39 is 11.7 Å². The molecule has 3 aromatic heterocycles. The van der Waals surface area contributed by atoms with Gasteiger partial charge in [0.2, 0.25) is 0 Å². The van der Waals surface area contributed by atoms with Crippen LogP contribution in [-0.2, 0) is 7.05 Å². The SMILES string of the molecule is CNC(=O)c1cccc(OC2CCC(n3nc(-c4cnn(C)c4)c4cnc(NC)cc43)CC2)c1F. The van der Waals surface area contributed by atoms with E-state index in [0.717, 1.165) is 53.7 Å². The van der Waals surface area contributed by atoms with Crippen LogP contribution in [0.25, 0.3) is 22.2 Å². The lowest BCUT2D eigenvalue weighted by atomic mass is 9.93. The average Bonchev–Trinajstić information content (AvgIpc) is 3.48. The summed E-state index contributed by atoms with van der Waals surface area (Å²) in [6.45, 7) is 0. The number of fused-ring (bicyclic) bond motifs is 1. The van der Waals surface area contributed by atoms with Crippen LogP contribution in [0.5, 0.6) is 5.75 Å². The lowest BCUT2D eigenvalue weighted by molar-refractivity contribution is 0.0954. The number of carbonyl (C=O) groups excluding carboxylic acids is 1. The first kappa shape index (κ1) is 22.8. The van der Waals surface area contributed by atoms with Crippen LogP contribution in [0.1, 0.15) is 42.1 Å². The fourth-order valence-corrected chi connectivity index (χ4v) is 4.70. The molecule has 1 amide bonds. The Morgan fingerprint density at radius 2 is 1.97 bits per heavy atom. The number of hydrogen-bond donors (Lipinski definition) is 2. The van der Waals surface area contributed by atoms with Gasteiger partial charge in [0.05, 0.1) is 29.4 Å². The van der Waals surface area contributed by atoms with Gasteiger partial charge in [0.1, 0.15) is 11.5 Å². The molecular formula is C25H28FN7O2. The van der Waals surface area contributed by atoms with Gasteiger partial charge < -0.3 is 15.4 Å². The van der Waals surface area contributed by atoms with Crippen molar-refractivity contribution in [1.82, 2.24) is 29.9 Å². The minimum Gasteiger partial charge on any atom is -0.487 e. The van der Waals surface area contributed by atoms with Crippen LogP contribution in [-0.4, -0.2) is 50.7 Å². The maximum Gasteiger partial charge on any atom is 0.254 e. The largest absolute Gasteiger partial charge is 0.487 e. The van der Waals surface area contributed by atoms with E-state index in [4.69, 9.17) is 9.84 Å². The number of pyridine rings is 1. The third-order valence-corrected chi connectivity index (χ3v) is 6.54. The molecule has 0 bridgehead atoms. The smallest absolute Gasteiger partial charge is 0.254 e. The summed E-state index contributed by atoms with van der Waals surface area (Å²) in [6, 6.07) is 6.86. The number of aromatic nitrogens is 5. The monoisotopic (exact) mass is 477 g/mol. The number of nitrogens with zero attached hydrogens (tertiary/aromatic N) is 5. The van der Waals surface area contributed by atoms with Crippen LogP contribution in [0.2, 0.25) is 0 Å². The molecule has 9 nitrogen and oxygen atoms in total. The summed E-state index contributed by atoms with van der Waals surface area (Å²) in [6.07, 6.45) is 8.65. The highest BCUT2D eigenvalue weighted by Gasteiger charge is 2.28. The minimum absolute atomic E-state index is 0.0152. The van der Waals surface area contributed by atoms with Crippen molar-refractivity contribution in [3.05, 3.63) is 54.2 Å². The fraction of sp³-hybridized carbons (Fsp3) is 0.360. The molecule has 3 heterocycles. The van der Waals surface area contributed by atoms with Gasteiger partial charge in [-0.25, -0.2) is 9.37 Å². The summed E-state index contributed by atoms with van der Waals surface area (Å²) in [5.41, 5.74) is 2.80. The van der Waals surface area contributed by atoms with E-state index in [9.17, 15) is 9.18 Å². The van der Waals surface area contributed by atoms with Gasteiger partial charge in [0, 0.05) is 50.6 Å². The van der Waals surface area contributed by atoms with Crippen molar-refractivity contribution in [2.24, 2.45) is 7.05 Å². The van der Waals surface area contributed by atoms with E-state index in [1.165, 1.54) is 13.1 Å². The second-order valence-electron chi connectivity index (χ2n) is 8.78. The zero-order valence-electron chi connectivity index (χ0n) is 20.0. The van der Waals surface area contributed by atoms with Gasteiger partial charge in [-0.15, -0.1) is 0 Å². The summed E-state index contributed by atoms with van der Waals surface area (Å²) in [5.74, 6) is -0.204. The standard InChI is InChI=1S/C25H28FN7O2/c1-27-22-11-20-19(13-29-22)24(15-12-30-32(3)14-15)31-33(20)16-7-9-17(10-8-16)35-21-6-4-5-18(23(21)26)25(34)28-2/h4-6,11-14,16-17H,7-10H2,1-3H3,(H,27,29)(H,28,34). The molecule has 0 saturated heterocycles. The number of carbonyl (C=O) groups is 1. The van der Waals surface area contributed by atoms with Crippen LogP contribution in [0, 0.1) is 5.82 Å². The third-order valence-electron chi connectivity index (χ3n) is 6.54. The fourth-order valence-electron chi connectivity index (χ4n) is 4.70. The number of halogens is 1. The van der Waals surface area contributed by atoms with E-state index in [1.54, 1.807) is 16.8 Å². The Bertz CT molecular complexity index is 1370. The molecule has 10 heteroatoms. The zero-order chi connectivity index (χ0) is 24.5. The first-order valence-electron chi connectivity index (χ1n) is 11.7. The molecule has 0 aliphatic heterocycles. The maximum absolute atomic E-state index is 14.8. The van der Waals surface area contributed by atoms with Gasteiger partial charge in [0.25, 0.3) is 5.91 Å². The van der Waals surface area contributed by atoms with Gasteiger partial charge in [-0.1, -0.05) is 6.07 Å². The van der Waals surface area contributed by atoms with Gasteiger partial charge in [-0.3, -0.25) is 14.2 Å². The van der Waals surface area contributed by atoms with E-state index in [0.29, 0.717) is 0 Å². The number of nitrogens with one attached hydrogen (secondary N) is 2. The van der Waals surface area contributed by atoms with Crippen molar-refractivity contribution in [3.8, 4) is 17.0 Å². The van der Waals surface area contributed by atoms with E-state index in [1.807, 2.05) is 38.8 Å². The van der Waals surface area contributed by atoms with Crippen molar-refractivity contribution in [3.63, 3.8) is 0 Å². The third kappa shape index (κ3) is 4.31. The second-order valence-corrected chi connectivity index (χ2v) is 8.78. The molecule has 1 aromatic carbocycles. The second kappa shape index (κ2) is 9.36. The first-order valence-corrected chi connectivity index (χ1v) is 11.7. The Hall–Kier alpha value is -3.95. The Morgan fingerprint density at radius 3 is 2.66 bits per heavy atom. The minimum atomic E-state index is -0.625. The molecule has 182 valence electrons. The highest BCUT2D eigenvalue weighted by atomic mass is 19.1. The van der Waals surface area contributed by atoms with Crippen molar-refractivity contribution in [2.45, 2.75) is 37.8 Å². The normalized spacial score (nSPS) is 17.9. The summed E-state index contributed by atoms with van der Waals surface area (Å²) in [4.78, 5) is 16.4. The molecule has 1 saturated carbocycles. The van der Waals surface area contributed by atoms with Crippen molar-refractivity contribution in [2.75, 3.05) is 19.4 Å². The van der Waals surface area contributed by atoms with Gasteiger partial charge >= 0.3 is 0 Å². The lowest BCUT2D eigenvalue weighted by Gasteiger charge is -2.29. The predicted octanol–water partition coefficient (Wildman–Crippen LogP) is 3.93. The van der Waals surface area contributed by atoms with E-state index >= 15 is 0 Å². The molecule has 35 heavy (non-hydrogen) atoms. The molecule has 0 atom stereocenters. The molecule has 1 fully saturated rings. The van der Waals surface area contributed by atoms with Crippen molar-refractivity contribution in [1.29, 1.82) is 0 Å². The number of anilines is 1. The van der Waals surface area contributed by atoms with Crippen molar-refractivity contribution < 1.29 is 13.9 Å². The molecule has 1 aliphatic rings. The summed E-state index contributed by atoms with van der Waals surface area (Å²) in [5, 5.41) is 15.8. The number of benzene rings is 1. The number of amides is 1. The maximum atomic E-state index is 14.8. The number of ether oxygens (including phenoxy) is 1. The first-order chi connectivity index (χ1) is 17.0. The van der Waals surface area contributed by atoms with Gasteiger partial charge in [-0.05, 0) is 37.8 Å². The summed E-state index contributed by atoms with van der Waals surface area (Å²) in [7, 11) is 5.21. The Labute approximate surface area is 202 Å². The quantitative estimate of drug-likeness (QED) is 0.437. The lowest BCUT2D eigenvalue weighted by Crippen LogP contribution is -2.27. The molecule has 0 unspecified atom stereocenters. The van der Waals surface area contributed by atoms with Crippen LogP contribution >= 0.6 is 0 Å². The summed E-state index contributed by atoms with van der Waals surface area (Å²) < 4.78 is 24.6. The van der Waals surface area contributed by atoms with Crippen LogP contribution in [0.3, 0.4) is 0 Å². The van der Waals surface area contributed by atoms with Crippen LogP contribution in [0.4, 0.5) is 10.2 Å². The Balaban J connectivity index is 1.37. The predicted molar refractivity (Wildman–Crippen MR) is 131 cm³/mol. The van der Waals surface area contributed by atoms with Crippen LogP contribution < -0.4 is 15.4 Å². The average molecular weight is 478 g/mol. The zero-order valence-corrected chi connectivity index (χ0v) is 20.0. The molecule has 4 aromatic rings. The van der Waals surface area contributed by atoms with Gasteiger partial charge in [-0.2, -0.15) is 10.2 Å². The molecule has 0 spiro atoms. The Kier molecular flexibility index (Phi) is 6.10. The van der Waals surface area contributed by atoms with Crippen LogP contribution in [0.15, 0.2) is 42.9 Å². The number of rotatable bonds is 6. The highest BCUT2D eigenvalue weighted by Crippen LogP contribution is 2.36. The van der Waals surface area contributed by atoms with E-state index in [-0.39, 0.29) is 23.5 Å². The molecule has 1 aliphatic carbocycles. The Morgan fingerprint density at radius 1 is 1.17 bits per heavy atom. The molecule has 5 rings (SSSR count). The number of hydrogen-bond acceptors (Lipinski definition) is 6. The highest BCUT2D eigenvalue weighted by molar-refractivity contribution is 5.95. The van der Waals surface area contributed by atoms with E-state index in [2.05, 4.69) is 25.4 Å². The van der Waals surface area contributed by atoms with Crippen molar-refractivity contribution >= 4 is 22.6 Å². The summed E-state index contributed by atoms with van der Waals surface area (Å²) >= 11 is 0. The molecule has 0 radical (unpaired) electrons. The molecular weight excluding hydrogens is 449 g/mol. The van der Waals surface area contributed by atoms with Gasteiger partial charge in [0.15, 0.2) is 11.6 Å². The number of aryl methyl sites for hydroxylation is 1. The topological polar surface area (TPSA) is 98.9 Å². The molecule has 2 N–H and O–H groups in total.